The summed E-state index contributed by atoms with van der Waals surface area (Å²) >= 11 is 0.620. The highest BCUT2D eigenvalue weighted by Crippen LogP contribution is 2.37. The molecule has 0 aliphatic carbocycles. The third-order valence-corrected chi connectivity index (χ3v) is 3.87. The zero-order chi connectivity index (χ0) is 15.5. The van der Waals surface area contributed by atoms with Crippen molar-refractivity contribution in [2.24, 2.45) is 0 Å². The van der Waals surface area contributed by atoms with E-state index in [1.54, 1.807) is 18.3 Å². The maximum absolute atomic E-state index is 12.7. The van der Waals surface area contributed by atoms with E-state index >= 15 is 0 Å². The zero-order valence-corrected chi connectivity index (χ0v) is 12.3. The highest BCUT2D eigenvalue weighted by atomic mass is 32.1. The van der Waals surface area contributed by atoms with Crippen LogP contribution in [0.4, 0.5) is 13.2 Å². The first-order valence-corrected chi connectivity index (χ1v) is 7.04. The van der Waals surface area contributed by atoms with Gasteiger partial charge in [-0.3, -0.25) is 0 Å². The first-order valence-electron chi connectivity index (χ1n) is 6.22. The van der Waals surface area contributed by atoms with E-state index in [4.69, 9.17) is 4.74 Å². The van der Waals surface area contributed by atoms with Crippen molar-refractivity contribution in [3.63, 3.8) is 0 Å². The van der Waals surface area contributed by atoms with Gasteiger partial charge in [0.15, 0.2) is 5.01 Å². The molecule has 0 radical (unpaired) electrons. The third kappa shape index (κ3) is 3.51. The van der Waals surface area contributed by atoms with Crippen molar-refractivity contribution in [1.29, 1.82) is 0 Å². The van der Waals surface area contributed by atoms with Crippen LogP contribution in [0.1, 0.15) is 28.4 Å². The molecular weight excluding hydrogens is 303 g/mol. The van der Waals surface area contributed by atoms with Gasteiger partial charge < -0.3 is 10.1 Å². The second-order valence-corrected chi connectivity index (χ2v) is 5.22. The smallest absolute Gasteiger partial charge is 0.443 e. The average Bonchev–Trinajstić information content (AvgIpc) is 2.94. The van der Waals surface area contributed by atoms with Crippen LogP contribution in [0.3, 0.4) is 0 Å². The number of methoxy groups -OCH3 is 1. The highest BCUT2D eigenvalue weighted by Gasteiger charge is 2.35. The van der Waals surface area contributed by atoms with Gasteiger partial charge >= 0.3 is 6.18 Å². The van der Waals surface area contributed by atoms with E-state index in [1.165, 1.54) is 13.3 Å². The first-order chi connectivity index (χ1) is 9.97. The molecule has 1 unspecified atom stereocenters. The van der Waals surface area contributed by atoms with Crippen molar-refractivity contribution in [3.05, 3.63) is 40.0 Å². The summed E-state index contributed by atoms with van der Waals surface area (Å²) in [5.41, 5.74) is 0.680. The van der Waals surface area contributed by atoms with Crippen LogP contribution in [-0.2, 0) is 6.18 Å². The van der Waals surface area contributed by atoms with Gasteiger partial charge in [-0.15, -0.1) is 11.3 Å². The van der Waals surface area contributed by atoms with Crippen molar-refractivity contribution in [3.8, 4) is 5.88 Å². The lowest BCUT2D eigenvalue weighted by atomic mass is 10.1. The van der Waals surface area contributed by atoms with Crippen LogP contribution in [-0.4, -0.2) is 23.6 Å². The van der Waals surface area contributed by atoms with Gasteiger partial charge in [0.1, 0.15) is 0 Å². The second-order valence-electron chi connectivity index (χ2n) is 4.16. The van der Waals surface area contributed by atoms with Gasteiger partial charge in [0.2, 0.25) is 5.88 Å². The molecule has 2 rings (SSSR count). The van der Waals surface area contributed by atoms with Crippen LogP contribution in [0.25, 0.3) is 0 Å². The number of aromatic nitrogens is 2. The molecule has 0 fully saturated rings. The number of thiazole rings is 1. The lowest BCUT2D eigenvalue weighted by Gasteiger charge is -2.18. The summed E-state index contributed by atoms with van der Waals surface area (Å²) < 4.78 is 43.2. The minimum atomic E-state index is -4.43. The van der Waals surface area contributed by atoms with E-state index in [0.29, 0.717) is 34.2 Å². The SMILES string of the molecule is CCNC(c1cnc(C(F)(F)F)s1)c1cccnc1OC. The summed E-state index contributed by atoms with van der Waals surface area (Å²) in [5.74, 6) is 0.380. The number of alkyl halides is 3. The largest absolute Gasteiger partial charge is 0.481 e. The van der Waals surface area contributed by atoms with E-state index in [0.717, 1.165) is 0 Å². The number of hydrogen-bond donors (Lipinski definition) is 1. The molecule has 0 saturated heterocycles. The van der Waals surface area contributed by atoms with Crippen molar-refractivity contribution in [1.82, 2.24) is 15.3 Å². The molecule has 2 heterocycles. The van der Waals surface area contributed by atoms with Crippen LogP contribution in [0.5, 0.6) is 5.88 Å². The van der Waals surface area contributed by atoms with E-state index in [2.05, 4.69) is 15.3 Å². The van der Waals surface area contributed by atoms with Gasteiger partial charge in [0, 0.05) is 22.8 Å². The summed E-state index contributed by atoms with van der Waals surface area (Å²) in [7, 11) is 1.47. The van der Waals surface area contributed by atoms with Crippen molar-refractivity contribution in [2.75, 3.05) is 13.7 Å². The molecule has 1 atom stereocenters. The molecule has 2 aromatic rings. The fraction of sp³-hybridized carbons (Fsp3) is 0.385. The molecule has 0 aromatic carbocycles. The van der Waals surface area contributed by atoms with E-state index in [-0.39, 0.29) is 0 Å². The number of hydrogen-bond acceptors (Lipinski definition) is 5. The van der Waals surface area contributed by atoms with E-state index < -0.39 is 17.2 Å². The summed E-state index contributed by atoms with van der Waals surface area (Å²) in [6, 6.07) is 3.05. The summed E-state index contributed by atoms with van der Waals surface area (Å²) in [6.45, 7) is 2.46. The Kier molecular flexibility index (Phi) is 4.79. The molecular formula is C13H14F3N3OS. The molecule has 4 nitrogen and oxygen atoms in total. The van der Waals surface area contributed by atoms with Crippen molar-refractivity contribution in [2.45, 2.75) is 19.1 Å². The van der Waals surface area contributed by atoms with Crippen molar-refractivity contribution >= 4 is 11.3 Å². The molecule has 0 spiro atoms. The van der Waals surface area contributed by atoms with Crippen LogP contribution in [0.2, 0.25) is 0 Å². The number of ether oxygens (including phenoxy) is 1. The van der Waals surface area contributed by atoms with Crippen molar-refractivity contribution < 1.29 is 17.9 Å². The number of nitrogens with zero attached hydrogens (tertiary/aromatic N) is 2. The Morgan fingerprint density at radius 1 is 1.38 bits per heavy atom. The molecule has 2 aromatic heterocycles. The van der Waals surface area contributed by atoms with Crippen LogP contribution in [0, 0.1) is 0 Å². The maximum atomic E-state index is 12.7. The maximum Gasteiger partial charge on any atom is 0.443 e. The van der Waals surface area contributed by atoms with Crippen LogP contribution in [0.15, 0.2) is 24.5 Å². The van der Waals surface area contributed by atoms with Gasteiger partial charge in [-0.2, -0.15) is 13.2 Å². The summed E-state index contributed by atoms with van der Waals surface area (Å²) in [5, 5.41) is 2.28. The Bertz CT molecular complexity index is 600. The molecule has 1 N–H and O–H groups in total. The standard InChI is InChI=1S/C13H14F3N3OS/c1-3-17-10(8-5-4-6-18-11(8)20-2)9-7-19-12(21-9)13(14,15)16/h4-7,10,17H,3H2,1-2H3. The Balaban J connectivity index is 2.41. The van der Waals surface area contributed by atoms with Gasteiger partial charge in [0.05, 0.1) is 13.2 Å². The van der Waals surface area contributed by atoms with E-state index in [1.807, 2.05) is 6.92 Å². The first kappa shape index (κ1) is 15.7. The predicted octanol–water partition coefficient (Wildman–Crippen LogP) is 3.26. The highest BCUT2D eigenvalue weighted by molar-refractivity contribution is 7.11. The van der Waals surface area contributed by atoms with Crippen LogP contribution < -0.4 is 10.1 Å². The predicted molar refractivity (Wildman–Crippen MR) is 73.4 cm³/mol. The Hall–Kier alpha value is -1.67. The second kappa shape index (κ2) is 6.40. The molecule has 21 heavy (non-hydrogen) atoms. The topological polar surface area (TPSA) is 47.0 Å². The van der Waals surface area contributed by atoms with E-state index in [9.17, 15) is 13.2 Å². The Labute approximate surface area is 124 Å². The average molecular weight is 317 g/mol. The zero-order valence-electron chi connectivity index (χ0n) is 11.4. The number of nitrogens with one attached hydrogen (secondary N) is 1. The fourth-order valence-corrected chi connectivity index (χ4v) is 2.79. The summed E-state index contributed by atoms with van der Waals surface area (Å²) in [6.07, 6.45) is -1.62. The Morgan fingerprint density at radius 2 is 2.14 bits per heavy atom. The number of halogens is 3. The fourth-order valence-electron chi connectivity index (χ4n) is 1.91. The molecule has 0 aliphatic heterocycles. The van der Waals surface area contributed by atoms with Gasteiger partial charge in [-0.25, -0.2) is 9.97 Å². The molecule has 0 bridgehead atoms. The Morgan fingerprint density at radius 3 is 2.71 bits per heavy atom. The quantitative estimate of drug-likeness (QED) is 0.919. The monoisotopic (exact) mass is 317 g/mol. The molecule has 8 heteroatoms. The lowest BCUT2D eigenvalue weighted by Crippen LogP contribution is -2.22. The summed E-state index contributed by atoms with van der Waals surface area (Å²) in [4.78, 5) is 8.01. The normalized spacial score (nSPS) is 13.2. The number of pyridine rings is 1. The molecule has 114 valence electrons. The minimum absolute atomic E-state index is 0.380. The van der Waals surface area contributed by atoms with Gasteiger partial charge in [0.25, 0.3) is 0 Å². The number of rotatable bonds is 5. The van der Waals surface area contributed by atoms with Crippen LogP contribution >= 0.6 is 11.3 Å². The molecule has 0 saturated carbocycles. The molecule has 0 amide bonds. The third-order valence-electron chi connectivity index (χ3n) is 2.76. The van der Waals surface area contributed by atoms with Gasteiger partial charge in [-0.1, -0.05) is 13.0 Å². The molecule has 0 aliphatic rings. The minimum Gasteiger partial charge on any atom is -0.481 e. The lowest BCUT2D eigenvalue weighted by molar-refractivity contribution is -0.137. The van der Waals surface area contributed by atoms with Gasteiger partial charge in [-0.05, 0) is 12.6 Å².